The Hall–Kier alpha value is -4.20. The molecule has 0 radical (unpaired) electrons. The molecule has 1 unspecified atom stereocenters. The van der Waals surface area contributed by atoms with Crippen molar-refractivity contribution < 1.29 is 14.3 Å². The molecule has 33 heavy (non-hydrogen) atoms. The van der Waals surface area contributed by atoms with Crippen LogP contribution in [0.15, 0.2) is 72.9 Å². The Morgan fingerprint density at radius 2 is 1.76 bits per heavy atom. The maximum Gasteiger partial charge on any atom is 0.271 e. The number of pyridine rings is 1. The van der Waals surface area contributed by atoms with Gasteiger partial charge in [0.1, 0.15) is 17.4 Å². The lowest BCUT2D eigenvalue weighted by atomic mass is 10.1. The number of hydrogen-bond acceptors (Lipinski definition) is 5. The fraction of sp³-hybridized carbons (Fsp3) is 0.200. The maximum atomic E-state index is 13.1. The lowest BCUT2D eigenvalue weighted by Crippen LogP contribution is -2.28. The van der Waals surface area contributed by atoms with E-state index in [1.807, 2.05) is 23.1 Å². The van der Waals surface area contributed by atoms with Crippen LogP contribution in [0.5, 0.6) is 5.75 Å². The average Bonchev–Trinajstić information content (AvgIpc) is 3.38. The first-order valence-corrected chi connectivity index (χ1v) is 10.7. The number of nitrogen functional groups attached to an aromatic ring is 1. The van der Waals surface area contributed by atoms with E-state index < -0.39 is 12.0 Å². The number of rotatable bonds is 7. The molecule has 1 aliphatic heterocycles. The number of nitrogens with two attached hydrogens (primary N) is 1. The Labute approximate surface area is 191 Å². The second kappa shape index (κ2) is 9.95. The molecule has 1 saturated heterocycles. The van der Waals surface area contributed by atoms with E-state index in [1.165, 1.54) is 6.20 Å². The van der Waals surface area contributed by atoms with Crippen molar-refractivity contribution >= 4 is 23.5 Å². The van der Waals surface area contributed by atoms with Crippen LogP contribution < -0.4 is 15.8 Å². The first-order chi connectivity index (χ1) is 16.0. The monoisotopic (exact) mass is 443 g/mol. The summed E-state index contributed by atoms with van der Waals surface area (Å²) in [5, 5.41) is 10.4. The minimum Gasteiger partial charge on any atom is -0.476 e. The zero-order valence-corrected chi connectivity index (χ0v) is 18.0. The van der Waals surface area contributed by atoms with Crippen molar-refractivity contribution in [2.24, 2.45) is 5.73 Å². The van der Waals surface area contributed by atoms with E-state index in [0.717, 1.165) is 25.9 Å². The molecule has 2 amide bonds. The van der Waals surface area contributed by atoms with Gasteiger partial charge in [-0.15, -0.1) is 0 Å². The number of amides is 2. The molecular formula is C25H25N5O3. The molecule has 1 aromatic heterocycles. The molecule has 8 nitrogen and oxygen atoms in total. The van der Waals surface area contributed by atoms with Crippen LogP contribution in [0.4, 0.5) is 5.82 Å². The van der Waals surface area contributed by atoms with Gasteiger partial charge in [0.2, 0.25) is 6.10 Å². The first-order valence-electron chi connectivity index (χ1n) is 10.7. The fourth-order valence-corrected chi connectivity index (χ4v) is 3.66. The van der Waals surface area contributed by atoms with Crippen LogP contribution >= 0.6 is 0 Å². The molecule has 168 valence electrons. The standard InChI is InChI=1S/C25H25N5O3/c26-23(27)18-9-6-10-20(15-18)33-22(17-7-2-1-3-8-17)24(31)29-21-12-11-19(16-28-21)25(32)30-13-4-5-14-30/h1-3,6-12,15-16,22H,4-5,13-14H2,(H3,26,27)(H,28,29,31). The number of nitrogens with one attached hydrogen (secondary N) is 2. The highest BCUT2D eigenvalue weighted by molar-refractivity contribution is 5.97. The predicted octanol–water partition coefficient (Wildman–Crippen LogP) is 3.36. The highest BCUT2D eigenvalue weighted by Crippen LogP contribution is 2.24. The van der Waals surface area contributed by atoms with Crippen LogP contribution in [0.25, 0.3) is 0 Å². The average molecular weight is 444 g/mol. The number of anilines is 1. The number of hydrogen-bond donors (Lipinski definition) is 3. The molecule has 0 saturated carbocycles. The Morgan fingerprint density at radius 1 is 1.00 bits per heavy atom. The number of aromatic nitrogens is 1. The number of ether oxygens (including phenoxy) is 1. The number of carbonyl (C=O) groups is 2. The summed E-state index contributed by atoms with van der Waals surface area (Å²) in [6, 6.07) is 19.1. The van der Waals surface area contributed by atoms with Crippen molar-refractivity contribution in [3.05, 3.63) is 89.6 Å². The van der Waals surface area contributed by atoms with Crippen molar-refractivity contribution in [2.45, 2.75) is 18.9 Å². The molecular weight excluding hydrogens is 418 g/mol. The third-order valence-corrected chi connectivity index (χ3v) is 5.39. The van der Waals surface area contributed by atoms with E-state index in [4.69, 9.17) is 15.9 Å². The zero-order valence-electron chi connectivity index (χ0n) is 18.0. The van der Waals surface area contributed by atoms with Gasteiger partial charge >= 0.3 is 0 Å². The molecule has 0 aliphatic carbocycles. The minimum absolute atomic E-state index is 0.0475. The summed E-state index contributed by atoms with van der Waals surface area (Å²) in [5.41, 5.74) is 7.22. The molecule has 1 aliphatic rings. The summed E-state index contributed by atoms with van der Waals surface area (Å²) in [6.07, 6.45) is 2.55. The Kier molecular flexibility index (Phi) is 6.64. The number of likely N-dealkylation sites (tertiary alicyclic amines) is 1. The van der Waals surface area contributed by atoms with Crippen molar-refractivity contribution in [3.8, 4) is 5.75 Å². The molecule has 1 fully saturated rings. The van der Waals surface area contributed by atoms with Crippen molar-refractivity contribution in [3.63, 3.8) is 0 Å². The van der Waals surface area contributed by atoms with E-state index in [-0.39, 0.29) is 11.7 Å². The minimum atomic E-state index is -0.957. The summed E-state index contributed by atoms with van der Waals surface area (Å²) in [5.74, 6) is 0.175. The summed E-state index contributed by atoms with van der Waals surface area (Å²) < 4.78 is 6.00. The van der Waals surface area contributed by atoms with Gasteiger partial charge in [-0.2, -0.15) is 0 Å². The fourth-order valence-electron chi connectivity index (χ4n) is 3.66. The third kappa shape index (κ3) is 5.35. The number of nitrogens with zero attached hydrogens (tertiary/aromatic N) is 2. The van der Waals surface area contributed by atoms with E-state index in [1.54, 1.807) is 48.5 Å². The summed E-state index contributed by atoms with van der Waals surface area (Å²) in [4.78, 5) is 31.7. The number of carbonyl (C=O) groups excluding carboxylic acids is 2. The van der Waals surface area contributed by atoms with Crippen LogP contribution in [0.2, 0.25) is 0 Å². The molecule has 0 spiro atoms. The van der Waals surface area contributed by atoms with E-state index >= 15 is 0 Å². The Balaban J connectivity index is 1.51. The van der Waals surface area contributed by atoms with Crippen molar-refractivity contribution in [1.82, 2.24) is 9.88 Å². The van der Waals surface area contributed by atoms with Crippen LogP contribution in [0, 0.1) is 5.41 Å². The van der Waals surface area contributed by atoms with Crippen LogP contribution in [-0.4, -0.2) is 40.6 Å². The first kappa shape index (κ1) is 22.0. The van der Waals surface area contributed by atoms with Crippen LogP contribution in [-0.2, 0) is 4.79 Å². The van der Waals surface area contributed by atoms with Gasteiger partial charge in [0.25, 0.3) is 11.8 Å². The highest BCUT2D eigenvalue weighted by atomic mass is 16.5. The molecule has 4 rings (SSSR count). The maximum absolute atomic E-state index is 13.1. The smallest absolute Gasteiger partial charge is 0.271 e. The number of benzene rings is 2. The van der Waals surface area contributed by atoms with E-state index in [0.29, 0.717) is 28.3 Å². The van der Waals surface area contributed by atoms with Gasteiger partial charge in [-0.3, -0.25) is 15.0 Å². The summed E-state index contributed by atoms with van der Waals surface area (Å²) >= 11 is 0. The molecule has 8 heteroatoms. The molecule has 2 aromatic carbocycles. The topological polar surface area (TPSA) is 121 Å². The molecule has 0 bridgehead atoms. The molecule has 1 atom stereocenters. The third-order valence-electron chi connectivity index (χ3n) is 5.39. The lowest BCUT2D eigenvalue weighted by Gasteiger charge is -2.19. The normalized spacial score (nSPS) is 13.9. The van der Waals surface area contributed by atoms with Crippen LogP contribution in [0.3, 0.4) is 0 Å². The SMILES string of the molecule is N=C(N)c1cccc(OC(C(=O)Nc2ccc(C(=O)N3CCCC3)cn2)c2ccccc2)c1. The highest BCUT2D eigenvalue weighted by Gasteiger charge is 2.24. The molecule has 3 aromatic rings. The predicted molar refractivity (Wildman–Crippen MR) is 125 cm³/mol. The van der Waals surface area contributed by atoms with Gasteiger partial charge in [-0.05, 0) is 37.1 Å². The zero-order chi connectivity index (χ0) is 23.2. The molecule has 4 N–H and O–H groups in total. The molecule has 2 heterocycles. The van der Waals surface area contributed by atoms with Gasteiger partial charge in [-0.25, -0.2) is 4.98 Å². The Morgan fingerprint density at radius 3 is 2.42 bits per heavy atom. The Bertz CT molecular complexity index is 1140. The van der Waals surface area contributed by atoms with Gasteiger partial charge in [0.15, 0.2) is 0 Å². The van der Waals surface area contributed by atoms with E-state index in [2.05, 4.69) is 10.3 Å². The second-order valence-corrected chi connectivity index (χ2v) is 7.77. The number of amidine groups is 1. The largest absolute Gasteiger partial charge is 0.476 e. The van der Waals surface area contributed by atoms with Crippen LogP contribution in [0.1, 0.15) is 40.4 Å². The van der Waals surface area contributed by atoms with Crippen molar-refractivity contribution in [2.75, 3.05) is 18.4 Å². The second-order valence-electron chi connectivity index (χ2n) is 7.77. The van der Waals surface area contributed by atoms with Crippen molar-refractivity contribution in [1.29, 1.82) is 5.41 Å². The summed E-state index contributed by atoms with van der Waals surface area (Å²) in [7, 11) is 0. The van der Waals surface area contributed by atoms with Gasteiger partial charge in [0, 0.05) is 30.4 Å². The van der Waals surface area contributed by atoms with Gasteiger partial charge < -0.3 is 20.7 Å². The summed E-state index contributed by atoms with van der Waals surface area (Å²) in [6.45, 7) is 1.52. The van der Waals surface area contributed by atoms with E-state index in [9.17, 15) is 9.59 Å². The quantitative estimate of drug-likeness (QED) is 0.382. The van der Waals surface area contributed by atoms with Gasteiger partial charge in [0.05, 0.1) is 5.56 Å². The van der Waals surface area contributed by atoms with Gasteiger partial charge in [-0.1, -0.05) is 42.5 Å². The lowest BCUT2D eigenvalue weighted by molar-refractivity contribution is -0.123.